The molecule has 1 heteroatoms. The zero-order valence-electron chi connectivity index (χ0n) is 6.97. The van der Waals surface area contributed by atoms with Crippen LogP contribution in [0.1, 0.15) is 26.2 Å². The third kappa shape index (κ3) is 1.59. The molecule has 60 valence electrons. The van der Waals surface area contributed by atoms with E-state index in [4.69, 9.17) is 0 Å². The van der Waals surface area contributed by atoms with Gasteiger partial charge in [-0.2, -0.15) is 0 Å². The van der Waals surface area contributed by atoms with Gasteiger partial charge < -0.3 is 4.79 Å². The lowest BCUT2D eigenvalue weighted by Crippen LogP contribution is -2.21. The summed E-state index contributed by atoms with van der Waals surface area (Å²) in [5.41, 5.74) is 1.14. The van der Waals surface area contributed by atoms with E-state index in [1.54, 1.807) is 6.08 Å². The van der Waals surface area contributed by atoms with Crippen LogP contribution in [0.15, 0.2) is 24.3 Å². The predicted molar refractivity (Wildman–Crippen MR) is 46.3 cm³/mol. The zero-order chi connectivity index (χ0) is 8.32. The van der Waals surface area contributed by atoms with Crippen molar-refractivity contribution in [2.75, 3.05) is 0 Å². The molecule has 0 bridgehead atoms. The Bertz CT molecular complexity index is 193. The number of carbonyl (C=O) groups excluding carboxylic acids is 1. The molecule has 1 aliphatic rings. The first-order valence-electron chi connectivity index (χ1n) is 3.98. The fourth-order valence-corrected chi connectivity index (χ4v) is 1.34. The van der Waals surface area contributed by atoms with Crippen LogP contribution in [0.25, 0.3) is 0 Å². The molecular formula is C10H14O. The molecule has 1 aliphatic carbocycles. The van der Waals surface area contributed by atoms with Crippen molar-refractivity contribution in [2.45, 2.75) is 26.2 Å². The third-order valence-electron chi connectivity index (χ3n) is 2.46. The SMILES string of the molecule is C=CC1(C=O)CC=C(C)CC1. The van der Waals surface area contributed by atoms with Gasteiger partial charge in [0.15, 0.2) is 0 Å². The molecule has 0 aromatic rings. The molecule has 0 radical (unpaired) electrons. The van der Waals surface area contributed by atoms with Crippen LogP contribution in [0.3, 0.4) is 0 Å². The van der Waals surface area contributed by atoms with Gasteiger partial charge in [-0.3, -0.25) is 0 Å². The highest BCUT2D eigenvalue weighted by molar-refractivity contribution is 5.63. The molecule has 0 aliphatic heterocycles. The van der Waals surface area contributed by atoms with E-state index in [1.807, 2.05) is 0 Å². The zero-order valence-corrected chi connectivity index (χ0v) is 6.97. The van der Waals surface area contributed by atoms with Crippen molar-refractivity contribution in [3.63, 3.8) is 0 Å². The van der Waals surface area contributed by atoms with E-state index in [0.29, 0.717) is 0 Å². The molecule has 0 amide bonds. The number of rotatable bonds is 2. The summed E-state index contributed by atoms with van der Waals surface area (Å²) in [6.45, 7) is 5.80. The second kappa shape index (κ2) is 3.04. The average Bonchev–Trinajstić information content (AvgIpc) is 2.07. The second-order valence-corrected chi connectivity index (χ2v) is 3.31. The topological polar surface area (TPSA) is 17.1 Å². The Morgan fingerprint density at radius 3 is 2.82 bits per heavy atom. The maximum Gasteiger partial charge on any atom is 0.130 e. The largest absolute Gasteiger partial charge is 0.302 e. The first kappa shape index (κ1) is 8.25. The van der Waals surface area contributed by atoms with Crippen LogP contribution in [0.2, 0.25) is 0 Å². The predicted octanol–water partition coefficient (Wildman–Crippen LogP) is 2.49. The summed E-state index contributed by atoms with van der Waals surface area (Å²) in [4.78, 5) is 10.7. The van der Waals surface area contributed by atoms with E-state index in [0.717, 1.165) is 25.5 Å². The fourth-order valence-electron chi connectivity index (χ4n) is 1.34. The van der Waals surface area contributed by atoms with Gasteiger partial charge in [0.05, 0.1) is 0 Å². The summed E-state index contributed by atoms with van der Waals surface area (Å²) in [6.07, 6.45) is 7.75. The van der Waals surface area contributed by atoms with Crippen LogP contribution in [0, 0.1) is 5.41 Å². The van der Waals surface area contributed by atoms with Crippen molar-refractivity contribution in [2.24, 2.45) is 5.41 Å². The molecule has 1 rings (SSSR count). The average molecular weight is 150 g/mol. The molecule has 0 heterocycles. The van der Waals surface area contributed by atoms with E-state index in [2.05, 4.69) is 19.6 Å². The summed E-state index contributed by atoms with van der Waals surface area (Å²) < 4.78 is 0. The van der Waals surface area contributed by atoms with Gasteiger partial charge in [0.25, 0.3) is 0 Å². The molecule has 1 atom stereocenters. The van der Waals surface area contributed by atoms with E-state index in [1.165, 1.54) is 5.57 Å². The van der Waals surface area contributed by atoms with Crippen molar-refractivity contribution in [1.29, 1.82) is 0 Å². The van der Waals surface area contributed by atoms with Gasteiger partial charge >= 0.3 is 0 Å². The van der Waals surface area contributed by atoms with Crippen LogP contribution in [-0.2, 0) is 4.79 Å². The van der Waals surface area contributed by atoms with Gasteiger partial charge in [-0.1, -0.05) is 17.7 Å². The molecule has 0 aromatic carbocycles. The Morgan fingerprint density at radius 2 is 2.45 bits per heavy atom. The highest BCUT2D eigenvalue weighted by Gasteiger charge is 2.26. The van der Waals surface area contributed by atoms with Crippen molar-refractivity contribution in [3.05, 3.63) is 24.3 Å². The minimum absolute atomic E-state index is 0.250. The van der Waals surface area contributed by atoms with E-state index in [-0.39, 0.29) is 5.41 Å². The summed E-state index contributed by atoms with van der Waals surface area (Å²) in [5, 5.41) is 0. The van der Waals surface area contributed by atoms with Gasteiger partial charge in [0.2, 0.25) is 0 Å². The maximum atomic E-state index is 10.7. The van der Waals surface area contributed by atoms with Crippen LogP contribution in [-0.4, -0.2) is 6.29 Å². The minimum Gasteiger partial charge on any atom is -0.302 e. The third-order valence-corrected chi connectivity index (χ3v) is 2.46. The molecule has 1 nitrogen and oxygen atoms in total. The molecule has 0 aromatic heterocycles. The number of hydrogen-bond acceptors (Lipinski definition) is 1. The van der Waals surface area contributed by atoms with E-state index < -0.39 is 0 Å². The molecule has 0 spiro atoms. The summed E-state index contributed by atoms with van der Waals surface area (Å²) in [7, 11) is 0. The normalized spacial score (nSPS) is 30.8. The van der Waals surface area contributed by atoms with Gasteiger partial charge in [0, 0.05) is 5.41 Å². The molecule has 1 unspecified atom stereocenters. The Hall–Kier alpha value is -0.850. The highest BCUT2D eigenvalue weighted by atomic mass is 16.1. The molecule has 0 saturated carbocycles. The van der Waals surface area contributed by atoms with Crippen LogP contribution in [0.4, 0.5) is 0 Å². The Balaban J connectivity index is 2.76. The number of hydrogen-bond donors (Lipinski definition) is 0. The van der Waals surface area contributed by atoms with Crippen LogP contribution in [0.5, 0.6) is 0 Å². The molecule has 11 heavy (non-hydrogen) atoms. The lowest BCUT2D eigenvalue weighted by molar-refractivity contribution is -0.114. The number of allylic oxidation sites excluding steroid dienone is 3. The Labute approximate surface area is 67.8 Å². The van der Waals surface area contributed by atoms with Gasteiger partial charge in [-0.05, 0) is 26.2 Å². The first-order valence-corrected chi connectivity index (χ1v) is 3.98. The van der Waals surface area contributed by atoms with Crippen molar-refractivity contribution in [3.8, 4) is 0 Å². The smallest absolute Gasteiger partial charge is 0.130 e. The Kier molecular flexibility index (Phi) is 2.28. The first-order chi connectivity index (χ1) is 5.22. The lowest BCUT2D eigenvalue weighted by atomic mass is 9.76. The monoisotopic (exact) mass is 150 g/mol. The molecule has 0 fully saturated rings. The molecule has 0 N–H and O–H groups in total. The number of aldehydes is 1. The number of carbonyl (C=O) groups is 1. The lowest BCUT2D eigenvalue weighted by Gasteiger charge is -2.26. The Morgan fingerprint density at radius 1 is 1.73 bits per heavy atom. The van der Waals surface area contributed by atoms with E-state index >= 15 is 0 Å². The van der Waals surface area contributed by atoms with Gasteiger partial charge in [-0.15, -0.1) is 6.58 Å². The van der Waals surface area contributed by atoms with Crippen molar-refractivity contribution >= 4 is 6.29 Å². The molecule has 0 saturated heterocycles. The van der Waals surface area contributed by atoms with E-state index in [9.17, 15) is 4.79 Å². The van der Waals surface area contributed by atoms with Crippen LogP contribution >= 0.6 is 0 Å². The van der Waals surface area contributed by atoms with Crippen molar-refractivity contribution in [1.82, 2.24) is 0 Å². The minimum atomic E-state index is -0.250. The maximum absolute atomic E-state index is 10.7. The second-order valence-electron chi connectivity index (χ2n) is 3.31. The summed E-state index contributed by atoms with van der Waals surface area (Å²) in [5.74, 6) is 0. The summed E-state index contributed by atoms with van der Waals surface area (Å²) >= 11 is 0. The fraction of sp³-hybridized carbons (Fsp3) is 0.500. The standard InChI is InChI=1S/C10H14O/c1-3-10(8-11)6-4-9(2)5-7-10/h3-4,8H,1,5-7H2,2H3. The van der Waals surface area contributed by atoms with Gasteiger partial charge in [0.1, 0.15) is 6.29 Å². The molecular weight excluding hydrogens is 136 g/mol. The highest BCUT2D eigenvalue weighted by Crippen LogP contribution is 2.34. The summed E-state index contributed by atoms with van der Waals surface area (Å²) in [6, 6.07) is 0. The quantitative estimate of drug-likeness (QED) is 0.436. The van der Waals surface area contributed by atoms with Crippen LogP contribution < -0.4 is 0 Å². The van der Waals surface area contributed by atoms with Gasteiger partial charge in [-0.25, -0.2) is 0 Å². The van der Waals surface area contributed by atoms with Crippen molar-refractivity contribution < 1.29 is 4.79 Å².